The summed E-state index contributed by atoms with van der Waals surface area (Å²) in [4.78, 5) is 2.77. The number of likely N-dealkylation sites (tertiary alicyclic amines) is 1. The Kier molecular flexibility index (Phi) is 5.18. The summed E-state index contributed by atoms with van der Waals surface area (Å²) in [5.41, 5.74) is 1.02. The molecule has 2 aliphatic rings. The third-order valence-corrected chi connectivity index (χ3v) is 5.79. The van der Waals surface area contributed by atoms with Crippen LogP contribution in [0.25, 0.3) is 0 Å². The van der Waals surface area contributed by atoms with E-state index in [1.807, 2.05) is 0 Å². The number of nitrogens with zero attached hydrogens (tertiary/aromatic N) is 1. The summed E-state index contributed by atoms with van der Waals surface area (Å²) in [6.45, 7) is 14.9. The lowest BCUT2D eigenvalue weighted by atomic mass is 9.69. The molecule has 0 aromatic rings. The van der Waals surface area contributed by atoms with E-state index in [4.69, 9.17) is 0 Å². The molecule has 0 bridgehead atoms. The molecular weight excluding hydrogens is 244 g/mol. The molecule has 2 nitrogen and oxygen atoms in total. The molecule has 3 unspecified atom stereocenters. The number of rotatable bonds is 4. The SMILES string of the molecule is CNCC1(CN2CCC(C(C)(C)C)C2)CCCC(C)C1. The Labute approximate surface area is 126 Å². The summed E-state index contributed by atoms with van der Waals surface area (Å²) >= 11 is 0. The second kappa shape index (κ2) is 6.36. The van der Waals surface area contributed by atoms with E-state index in [2.05, 4.69) is 45.0 Å². The molecule has 3 atom stereocenters. The average molecular weight is 280 g/mol. The first kappa shape index (κ1) is 16.3. The zero-order valence-corrected chi connectivity index (χ0v) is 14.5. The van der Waals surface area contributed by atoms with E-state index in [0.717, 1.165) is 11.8 Å². The van der Waals surface area contributed by atoms with Crippen LogP contribution in [0.15, 0.2) is 0 Å². The van der Waals surface area contributed by atoms with Gasteiger partial charge in [-0.15, -0.1) is 0 Å². The molecule has 20 heavy (non-hydrogen) atoms. The standard InChI is InChI=1S/C18H36N2/c1-15-7-6-9-18(11-15,13-19-5)14-20-10-8-16(12-20)17(2,3)4/h15-16,19H,6-14H2,1-5H3. The largest absolute Gasteiger partial charge is 0.319 e. The summed E-state index contributed by atoms with van der Waals surface area (Å²) < 4.78 is 0. The van der Waals surface area contributed by atoms with Gasteiger partial charge in [-0.3, -0.25) is 0 Å². The Hall–Kier alpha value is -0.0800. The molecule has 2 heteroatoms. The van der Waals surface area contributed by atoms with Crippen molar-refractivity contribution in [3.05, 3.63) is 0 Å². The zero-order valence-electron chi connectivity index (χ0n) is 14.5. The molecular formula is C18H36N2. The van der Waals surface area contributed by atoms with E-state index >= 15 is 0 Å². The summed E-state index contributed by atoms with van der Waals surface area (Å²) in [6.07, 6.45) is 7.11. The van der Waals surface area contributed by atoms with E-state index in [9.17, 15) is 0 Å². The highest BCUT2D eigenvalue weighted by Gasteiger charge is 2.39. The molecule has 1 heterocycles. The topological polar surface area (TPSA) is 15.3 Å². The van der Waals surface area contributed by atoms with Crippen LogP contribution in [0.5, 0.6) is 0 Å². The first-order valence-electron chi connectivity index (χ1n) is 8.72. The fourth-order valence-electron chi connectivity index (χ4n) is 4.66. The molecule has 0 aromatic carbocycles. The van der Waals surface area contributed by atoms with Gasteiger partial charge in [-0.1, -0.05) is 40.5 Å². The Morgan fingerprint density at radius 2 is 2.00 bits per heavy atom. The first-order chi connectivity index (χ1) is 9.35. The van der Waals surface area contributed by atoms with Crippen LogP contribution < -0.4 is 5.32 Å². The van der Waals surface area contributed by atoms with Gasteiger partial charge in [0.15, 0.2) is 0 Å². The molecule has 0 aromatic heterocycles. The maximum atomic E-state index is 3.49. The number of hydrogen-bond acceptors (Lipinski definition) is 2. The minimum atomic E-state index is 0.477. The van der Waals surface area contributed by atoms with E-state index in [1.54, 1.807) is 0 Å². The van der Waals surface area contributed by atoms with E-state index in [0.29, 0.717) is 10.8 Å². The fraction of sp³-hybridized carbons (Fsp3) is 1.00. The van der Waals surface area contributed by atoms with Gasteiger partial charge in [0.2, 0.25) is 0 Å². The van der Waals surface area contributed by atoms with E-state index in [-0.39, 0.29) is 0 Å². The molecule has 0 amide bonds. The zero-order chi connectivity index (χ0) is 14.8. The van der Waals surface area contributed by atoms with Crippen LogP contribution in [-0.4, -0.2) is 38.1 Å². The third kappa shape index (κ3) is 3.98. The van der Waals surface area contributed by atoms with Crippen LogP contribution in [0.4, 0.5) is 0 Å². The van der Waals surface area contributed by atoms with Gasteiger partial charge < -0.3 is 10.2 Å². The second-order valence-electron chi connectivity index (χ2n) is 8.82. The molecule has 1 saturated heterocycles. The summed E-state index contributed by atoms with van der Waals surface area (Å²) in [7, 11) is 2.13. The molecule has 0 radical (unpaired) electrons. The Bertz CT molecular complexity index is 303. The van der Waals surface area contributed by atoms with Crippen LogP contribution in [0.3, 0.4) is 0 Å². The molecule has 1 saturated carbocycles. The lowest BCUT2D eigenvalue weighted by molar-refractivity contribution is 0.0876. The molecule has 2 rings (SSSR count). The highest BCUT2D eigenvalue weighted by atomic mass is 15.2. The predicted molar refractivity (Wildman–Crippen MR) is 88.0 cm³/mol. The van der Waals surface area contributed by atoms with Gasteiger partial charge in [0.05, 0.1) is 0 Å². The van der Waals surface area contributed by atoms with Crippen molar-refractivity contribution in [3.63, 3.8) is 0 Å². The van der Waals surface area contributed by atoms with Crippen molar-refractivity contribution in [2.75, 3.05) is 33.2 Å². The highest BCUT2D eigenvalue weighted by Crippen LogP contribution is 2.41. The Morgan fingerprint density at radius 3 is 2.55 bits per heavy atom. The van der Waals surface area contributed by atoms with Gasteiger partial charge in [0, 0.05) is 19.6 Å². The lowest BCUT2D eigenvalue weighted by Gasteiger charge is -2.43. The molecule has 1 N–H and O–H groups in total. The van der Waals surface area contributed by atoms with Gasteiger partial charge in [-0.25, -0.2) is 0 Å². The first-order valence-corrected chi connectivity index (χ1v) is 8.72. The smallest absolute Gasteiger partial charge is 0.00504 e. The van der Waals surface area contributed by atoms with Gasteiger partial charge in [-0.05, 0) is 55.5 Å². The fourth-order valence-corrected chi connectivity index (χ4v) is 4.66. The van der Waals surface area contributed by atoms with Crippen LogP contribution in [0.1, 0.15) is 59.8 Å². The molecule has 0 spiro atoms. The average Bonchev–Trinajstić information content (AvgIpc) is 2.77. The molecule has 1 aliphatic heterocycles. The summed E-state index contributed by atoms with van der Waals surface area (Å²) in [6, 6.07) is 0. The predicted octanol–water partition coefficient (Wildman–Crippen LogP) is 3.77. The van der Waals surface area contributed by atoms with Crippen molar-refractivity contribution in [1.29, 1.82) is 0 Å². The third-order valence-electron chi connectivity index (χ3n) is 5.79. The maximum absolute atomic E-state index is 3.49. The number of nitrogens with one attached hydrogen (secondary N) is 1. The lowest BCUT2D eigenvalue weighted by Crippen LogP contribution is -2.45. The van der Waals surface area contributed by atoms with Crippen LogP contribution in [0, 0.1) is 22.7 Å². The summed E-state index contributed by atoms with van der Waals surface area (Å²) in [5.74, 6) is 1.80. The van der Waals surface area contributed by atoms with Crippen molar-refractivity contribution in [2.45, 2.75) is 59.8 Å². The monoisotopic (exact) mass is 280 g/mol. The quantitative estimate of drug-likeness (QED) is 0.843. The minimum absolute atomic E-state index is 0.477. The Balaban J connectivity index is 1.96. The summed E-state index contributed by atoms with van der Waals surface area (Å²) in [5, 5.41) is 3.49. The van der Waals surface area contributed by atoms with Gasteiger partial charge in [0.1, 0.15) is 0 Å². The normalized spacial score (nSPS) is 36.5. The molecule has 1 aliphatic carbocycles. The molecule has 118 valence electrons. The van der Waals surface area contributed by atoms with Crippen LogP contribution in [-0.2, 0) is 0 Å². The van der Waals surface area contributed by atoms with Crippen LogP contribution in [0.2, 0.25) is 0 Å². The van der Waals surface area contributed by atoms with Gasteiger partial charge in [-0.2, -0.15) is 0 Å². The highest BCUT2D eigenvalue weighted by molar-refractivity contribution is 4.92. The Morgan fingerprint density at radius 1 is 1.25 bits per heavy atom. The van der Waals surface area contributed by atoms with Crippen molar-refractivity contribution in [2.24, 2.45) is 22.7 Å². The van der Waals surface area contributed by atoms with E-state index < -0.39 is 0 Å². The minimum Gasteiger partial charge on any atom is -0.319 e. The van der Waals surface area contributed by atoms with Crippen molar-refractivity contribution < 1.29 is 0 Å². The van der Waals surface area contributed by atoms with Crippen molar-refractivity contribution in [3.8, 4) is 0 Å². The van der Waals surface area contributed by atoms with Crippen molar-refractivity contribution in [1.82, 2.24) is 10.2 Å². The van der Waals surface area contributed by atoms with Crippen molar-refractivity contribution >= 4 is 0 Å². The maximum Gasteiger partial charge on any atom is 0.00504 e. The molecule has 2 fully saturated rings. The van der Waals surface area contributed by atoms with E-state index in [1.165, 1.54) is 58.3 Å². The van der Waals surface area contributed by atoms with Gasteiger partial charge >= 0.3 is 0 Å². The second-order valence-corrected chi connectivity index (χ2v) is 8.82. The van der Waals surface area contributed by atoms with Gasteiger partial charge in [0.25, 0.3) is 0 Å². The number of hydrogen-bond donors (Lipinski definition) is 1. The van der Waals surface area contributed by atoms with Crippen LogP contribution >= 0.6 is 0 Å².